The van der Waals surface area contributed by atoms with Gasteiger partial charge in [-0.1, -0.05) is 0 Å². The van der Waals surface area contributed by atoms with Crippen molar-refractivity contribution in [3.63, 3.8) is 0 Å². The summed E-state index contributed by atoms with van der Waals surface area (Å²) in [6, 6.07) is 1.02. The quantitative estimate of drug-likeness (QED) is 0.637. The summed E-state index contributed by atoms with van der Waals surface area (Å²) in [5.74, 6) is 0.650. The summed E-state index contributed by atoms with van der Waals surface area (Å²) in [6.45, 7) is 3.38. The van der Waals surface area contributed by atoms with E-state index in [1.54, 1.807) is 18.7 Å². The Hall–Kier alpha value is -1.63. The van der Waals surface area contributed by atoms with E-state index in [9.17, 15) is 10.1 Å². The molecule has 0 aliphatic carbocycles. The third-order valence-corrected chi connectivity index (χ3v) is 4.17. The highest BCUT2D eigenvalue weighted by atomic mass is 16.6. The predicted molar refractivity (Wildman–Crippen MR) is 71.4 cm³/mol. The zero-order valence-electron chi connectivity index (χ0n) is 11.3. The Labute approximate surface area is 111 Å². The van der Waals surface area contributed by atoms with Crippen LogP contribution >= 0.6 is 0 Å². The van der Waals surface area contributed by atoms with Gasteiger partial charge >= 0.3 is 5.69 Å². The highest BCUT2D eigenvalue weighted by Gasteiger charge is 2.34. The van der Waals surface area contributed by atoms with Gasteiger partial charge in [0.25, 0.3) is 0 Å². The lowest BCUT2D eigenvalue weighted by molar-refractivity contribution is -0.384. The molecule has 1 N–H and O–H groups in total. The summed E-state index contributed by atoms with van der Waals surface area (Å²) >= 11 is 0. The number of hydrogen-bond acceptors (Lipinski definition) is 5. The number of hydrogen-bond donors (Lipinski definition) is 1. The summed E-state index contributed by atoms with van der Waals surface area (Å²) < 4.78 is 1.65. The molecular weight excluding hydrogens is 246 g/mol. The maximum Gasteiger partial charge on any atom is 0.333 e. The summed E-state index contributed by atoms with van der Waals surface area (Å²) in [5.41, 5.74) is 0.644. The smallest absolute Gasteiger partial charge is 0.333 e. The van der Waals surface area contributed by atoms with E-state index < -0.39 is 0 Å². The first-order valence-corrected chi connectivity index (χ1v) is 6.75. The second-order valence-corrected chi connectivity index (χ2v) is 5.51. The van der Waals surface area contributed by atoms with Crippen molar-refractivity contribution in [3.8, 4) is 0 Å². The van der Waals surface area contributed by atoms with Crippen molar-refractivity contribution >= 4 is 11.5 Å². The molecule has 2 atom stereocenters. The molecule has 2 aliphatic heterocycles. The summed E-state index contributed by atoms with van der Waals surface area (Å²) in [4.78, 5) is 13.1. The highest BCUT2D eigenvalue weighted by Crippen LogP contribution is 2.33. The van der Waals surface area contributed by atoms with Gasteiger partial charge in [0.2, 0.25) is 5.82 Å². The van der Waals surface area contributed by atoms with Crippen LogP contribution < -0.4 is 10.2 Å². The average molecular weight is 265 g/mol. The minimum Gasteiger partial charge on any atom is -0.349 e. The molecule has 3 rings (SSSR count). The lowest BCUT2D eigenvalue weighted by Crippen LogP contribution is -2.36. The molecule has 7 heteroatoms. The highest BCUT2D eigenvalue weighted by molar-refractivity contribution is 5.61. The standard InChI is InChI=1S/C12H19N5O2/c1-8-11(17(18)19)12(15(2)14-8)16-6-5-9-3-4-10(7-16)13-9/h9-10,13H,3-7H2,1-2H3. The first-order valence-electron chi connectivity index (χ1n) is 6.75. The summed E-state index contributed by atoms with van der Waals surface area (Å²) in [5, 5.41) is 19.1. The Balaban J connectivity index is 1.95. The Morgan fingerprint density at radius 2 is 2.11 bits per heavy atom. The van der Waals surface area contributed by atoms with Crippen LogP contribution in [0, 0.1) is 17.0 Å². The average Bonchev–Trinajstić information content (AvgIpc) is 2.79. The number of nitro groups is 1. The fourth-order valence-corrected chi connectivity index (χ4v) is 3.34. The van der Waals surface area contributed by atoms with Crippen LogP contribution in [-0.4, -0.2) is 39.9 Å². The zero-order valence-corrected chi connectivity index (χ0v) is 11.3. The van der Waals surface area contributed by atoms with Crippen LogP contribution in [0.5, 0.6) is 0 Å². The number of nitrogens with one attached hydrogen (secondary N) is 1. The molecule has 0 amide bonds. The first-order chi connectivity index (χ1) is 9.06. The Morgan fingerprint density at radius 3 is 2.84 bits per heavy atom. The third kappa shape index (κ3) is 2.07. The van der Waals surface area contributed by atoms with Crippen LogP contribution in [-0.2, 0) is 7.05 Å². The van der Waals surface area contributed by atoms with E-state index in [-0.39, 0.29) is 10.6 Å². The number of aromatic nitrogens is 2. The van der Waals surface area contributed by atoms with Gasteiger partial charge in [0.1, 0.15) is 5.69 Å². The van der Waals surface area contributed by atoms with Gasteiger partial charge in [0.05, 0.1) is 4.92 Å². The van der Waals surface area contributed by atoms with Crippen LogP contribution in [0.4, 0.5) is 11.5 Å². The lowest BCUT2D eigenvalue weighted by atomic mass is 10.1. The zero-order chi connectivity index (χ0) is 13.6. The summed E-state index contributed by atoms with van der Waals surface area (Å²) in [7, 11) is 1.78. The van der Waals surface area contributed by atoms with Crippen LogP contribution in [0.2, 0.25) is 0 Å². The third-order valence-electron chi connectivity index (χ3n) is 4.17. The van der Waals surface area contributed by atoms with Crippen LogP contribution in [0.1, 0.15) is 25.0 Å². The number of rotatable bonds is 2. The molecule has 7 nitrogen and oxygen atoms in total. The van der Waals surface area contributed by atoms with Gasteiger partial charge in [-0.2, -0.15) is 5.10 Å². The minimum absolute atomic E-state index is 0.153. The molecule has 0 radical (unpaired) electrons. The second-order valence-electron chi connectivity index (χ2n) is 5.51. The molecule has 0 aromatic carbocycles. The normalized spacial score (nSPS) is 26.5. The minimum atomic E-state index is -0.311. The molecule has 0 spiro atoms. The van der Waals surface area contributed by atoms with E-state index in [0.717, 1.165) is 25.9 Å². The largest absolute Gasteiger partial charge is 0.349 e. The van der Waals surface area contributed by atoms with Crippen LogP contribution in [0.25, 0.3) is 0 Å². The van der Waals surface area contributed by atoms with E-state index in [1.807, 2.05) is 0 Å². The molecular formula is C12H19N5O2. The van der Waals surface area contributed by atoms with Gasteiger partial charge in [-0.05, 0) is 26.2 Å². The molecule has 1 aromatic heterocycles. The lowest BCUT2D eigenvalue weighted by Gasteiger charge is -2.25. The monoisotopic (exact) mass is 265 g/mol. The topological polar surface area (TPSA) is 76.2 Å². The van der Waals surface area contributed by atoms with Crippen molar-refractivity contribution in [2.75, 3.05) is 18.0 Å². The second kappa shape index (κ2) is 4.48. The van der Waals surface area contributed by atoms with Crippen LogP contribution in [0.3, 0.4) is 0 Å². The van der Waals surface area contributed by atoms with Gasteiger partial charge in [-0.3, -0.25) is 10.1 Å². The molecule has 1 aromatic rings. The van der Waals surface area contributed by atoms with Gasteiger partial charge in [0.15, 0.2) is 0 Å². The molecule has 2 bridgehead atoms. The Kier molecular flexibility index (Phi) is 2.93. The van der Waals surface area contributed by atoms with Crippen molar-refractivity contribution in [1.82, 2.24) is 15.1 Å². The Bertz CT molecular complexity index is 512. The first kappa shape index (κ1) is 12.4. The fraction of sp³-hybridized carbons (Fsp3) is 0.750. The molecule has 2 saturated heterocycles. The molecule has 19 heavy (non-hydrogen) atoms. The van der Waals surface area contributed by atoms with Gasteiger partial charge < -0.3 is 10.2 Å². The number of nitrogens with zero attached hydrogens (tertiary/aromatic N) is 4. The van der Waals surface area contributed by atoms with Crippen LogP contribution in [0.15, 0.2) is 0 Å². The van der Waals surface area contributed by atoms with Crippen molar-refractivity contribution in [3.05, 3.63) is 15.8 Å². The van der Waals surface area contributed by atoms with Crippen molar-refractivity contribution < 1.29 is 4.92 Å². The molecule has 2 unspecified atom stereocenters. The molecule has 2 fully saturated rings. The number of fused-ring (bicyclic) bond motifs is 2. The van der Waals surface area contributed by atoms with Crippen molar-refractivity contribution in [2.45, 2.75) is 38.3 Å². The summed E-state index contributed by atoms with van der Waals surface area (Å²) in [6.07, 6.45) is 3.43. The maximum atomic E-state index is 11.3. The molecule has 2 aliphatic rings. The van der Waals surface area contributed by atoms with Gasteiger partial charge in [-0.15, -0.1) is 0 Å². The van der Waals surface area contributed by atoms with E-state index in [1.165, 1.54) is 6.42 Å². The van der Waals surface area contributed by atoms with E-state index in [2.05, 4.69) is 15.3 Å². The van der Waals surface area contributed by atoms with E-state index in [4.69, 9.17) is 0 Å². The predicted octanol–water partition coefficient (Wildman–Crippen LogP) is 0.967. The van der Waals surface area contributed by atoms with Gasteiger partial charge in [-0.25, -0.2) is 4.68 Å². The number of aryl methyl sites for hydroxylation is 2. The van der Waals surface area contributed by atoms with Gasteiger partial charge in [0, 0.05) is 32.2 Å². The molecule has 3 heterocycles. The Morgan fingerprint density at radius 1 is 1.37 bits per heavy atom. The molecule has 0 saturated carbocycles. The number of anilines is 1. The van der Waals surface area contributed by atoms with E-state index in [0.29, 0.717) is 23.6 Å². The molecule has 104 valence electrons. The maximum absolute atomic E-state index is 11.3. The van der Waals surface area contributed by atoms with Crippen molar-refractivity contribution in [2.24, 2.45) is 7.05 Å². The fourth-order valence-electron chi connectivity index (χ4n) is 3.34. The van der Waals surface area contributed by atoms with Crippen molar-refractivity contribution in [1.29, 1.82) is 0 Å². The van der Waals surface area contributed by atoms with E-state index >= 15 is 0 Å². The SMILES string of the molecule is Cc1nn(C)c(N2CCC3CCC(C2)N3)c1[N+](=O)[O-].